The lowest BCUT2D eigenvalue weighted by Crippen LogP contribution is -1.90. The number of aryl methyl sites for hydroxylation is 1. The highest BCUT2D eigenvalue weighted by Gasteiger charge is 1.98. The highest BCUT2D eigenvalue weighted by molar-refractivity contribution is 5.56. The molecule has 0 saturated carbocycles. The van der Waals surface area contributed by atoms with Crippen LogP contribution < -0.4 is 5.73 Å². The van der Waals surface area contributed by atoms with Gasteiger partial charge in [-0.2, -0.15) is 5.10 Å². The molecule has 0 atom stereocenters. The summed E-state index contributed by atoms with van der Waals surface area (Å²) >= 11 is 0. The first-order valence-corrected chi connectivity index (χ1v) is 3.45. The number of aldehydes is 1. The fourth-order valence-corrected chi connectivity index (χ4v) is 0.790. The average Bonchev–Trinajstić information content (AvgIpc) is 2.31. The van der Waals surface area contributed by atoms with Gasteiger partial charge in [-0.15, -0.1) is 0 Å². The fraction of sp³-hybridized carbons (Fsp3) is 0.250. The van der Waals surface area contributed by atoms with Crippen LogP contribution in [-0.2, 0) is 11.8 Å². The molecule has 1 aromatic rings. The largest absolute Gasteiger partial charge is 0.381 e. The Morgan fingerprint density at radius 2 is 2.58 bits per heavy atom. The molecule has 0 unspecified atom stereocenters. The Balaban J connectivity index is 2.83. The molecule has 4 heteroatoms. The maximum Gasteiger partial charge on any atom is 0.161 e. The fourth-order valence-electron chi connectivity index (χ4n) is 0.790. The van der Waals surface area contributed by atoms with E-state index in [2.05, 4.69) is 16.9 Å². The number of nitrogens with zero attached hydrogens (tertiary/aromatic N) is 2. The predicted molar refractivity (Wildman–Crippen MR) is 45.2 cm³/mol. The standard InChI is InChI=1S/C8H9N3O/c1-11-6-7(8(9)10-11)4-2-3-5-12/h5-6H,3H2,1H3,(H2,9,10). The van der Waals surface area contributed by atoms with Gasteiger partial charge in [0, 0.05) is 13.2 Å². The van der Waals surface area contributed by atoms with Crippen LogP contribution in [0.2, 0.25) is 0 Å². The first kappa shape index (κ1) is 8.34. The van der Waals surface area contributed by atoms with Gasteiger partial charge in [0.05, 0.1) is 12.0 Å². The molecule has 12 heavy (non-hydrogen) atoms. The van der Waals surface area contributed by atoms with E-state index in [-0.39, 0.29) is 6.42 Å². The minimum atomic E-state index is 0.230. The Kier molecular flexibility index (Phi) is 2.49. The zero-order valence-corrected chi connectivity index (χ0v) is 6.74. The van der Waals surface area contributed by atoms with Gasteiger partial charge >= 0.3 is 0 Å². The number of hydrogen-bond donors (Lipinski definition) is 1. The van der Waals surface area contributed by atoms with Crippen molar-refractivity contribution in [3.8, 4) is 11.8 Å². The minimum Gasteiger partial charge on any atom is -0.381 e. The van der Waals surface area contributed by atoms with Crippen molar-refractivity contribution in [1.82, 2.24) is 9.78 Å². The highest BCUT2D eigenvalue weighted by atomic mass is 16.1. The van der Waals surface area contributed by atoms with Crippen molar-refractivity contribution in [2.45, 2.75) is 6.42 Å². The van der Waals surface area contributed by atoms with E-state index >= 15 is 0 Å². The Labute approximate surface area is 70.4 Å². The van der Waals surface area contributed by atoms with Crippen LogP contribution in [0.1, 0.15) is 12.0 Å². The number of carbonyl (C=O) groups is 1. The summed E-state index contributed by atoms with van der Waals surface area (Å²) in [6.45, 7) is 0. The van der Waals surface area contributed by atoms with E-state index in [9.17, 15) is 4.79 Å². The van der Waals surface area contributed by atoms with E-state index in [0.29, 0.717) is 11.4 Å². The van der Waals surface area contributed by atoms with Crippen LogP contribution in [0.4, 0.5) is 5.82 Å². The Hall–Kier alpha value is -1.76. The third-order valence-corrected chi connectivity index (χ3v) is 1.27. The molecule has 0 aromatic carbocycles. The summed E-state index contributed by atoms with van der Waals surface area (Å²) in [6.07, 6.45) is 2.70. The normalized spacial score (nSPS) is 8.75. The molecule has 0 aliphatic carbocycles. The van der Waals surface area contributed by atoms with Crippen LogP contribution in [0.15, 0.2) is 6.20 Å². The van der Waals surface area contributed by atoms with Gasteiger partial charge in [0.1, 0.15) is 6.29 Å². The van der Waals surface area contributed by atoms with Gasteiger partial charge in [0.2, 0.25) is 0 Å². The molecule has 62 valence electrons. The second kappa shape index (κ2) is 3.58. The van der Waals surface area contributed by atoms with Crippen LogP contribution in [0.5, 0.6) is 0 Å². The van der Waals surface area contributed by atoms with Crippen molar-refractivity contribution in [3.05, 3.63) is 11.8 Å². The van der Waals surface area contributed by atoms with Crippen molar-refractivity contribution in [2.24, 2.45) is 7.05 Å². The molecule has 0 radical (unpaired) electrons. The Morgan fingerprint density at radius 1 is 1.83 bits per heavy atom. The van der Waals surface area contributed by atoms with Crippen LogP contribution in [0.3, 0.4) is 0 Å². The van der Waals surface area contributed by atoms with Gasteiger partial charge in [-0.05, 0) is 0 Å². The third kappa shape index (κ3) is 1.86. The quantitative estimate of drug-likeness (QED) is 0.466. The smallest absolute Gasteiger partial charge is 0.161 e. The van der Waals surface area contributed by atoms with Crippen molar-refractivity contribution in [2.75, 3.05) is 5.73 Å². The van der Waals surface area contributed by atoms with E-state index in [0.717, 1.165) is 6.29 Å². The molecule has 0 fully saturated rings. The molecule has 0 spiro atoms. The maximum atomic E-state index is 9.93. The van der Waals surface area contributed by atoms with Crippen LogP contribution in [0, 0.1) is 11.8 Å². The molecule has 0 aliphatic rings. The minimum absolute atomic E-state index is 0.230. The van der Waals surface area contributed by atoms with Gasteiger partial charge in [-0.25, -0.2) is 0 Å². The zero-order valence-electron chi connectivity index (χ0n) is 6.74. The van der Waals surface area contributed by atoms with E-state index in [4.69, 9.17) is 5.73 Å². The van der Waals surface area contributed by atoms with E-state index < -0.39 is 0 Å². The van der Waals surface area contributed by atoms with Crippen molar-refractivity contribution in [3.63, 3.8) is 0 Å². The molecule has 0 saturated heterocycles. The average molecular weight is 163 g/mol. The van der Waals surface area contributed by atoms with Crippen molar-refractivity contribution >= 4 is 12.1 Å². The molecule has 0 bridgehead atoms. The summed E-state index contributed by atoms with van der Waals surface area (Å²) in [5, 5.41) is 3.89. The number of carbonyl (C=O) groups excluding carboxylic acids is 1. The number of aromatic nitrogens is 2. The molecule has 2 N–H and O–H groups in total. The highest BCUT2D eigenvalue weighted by Crippen LogP contribution is 2.04. The topological polar surface area (TPSA) is 60.9 Å². The van der Waals surface area contributed by atoms with Gasteiger partial charge in [0.25, 0.3) is 0 Å². The summed E-state index contributed by atoms with van der Waals surface area (Å²) in [4.78, 5) is 9.93. The van der Waals surface area contributed by atoms with Crippen LogP contribution >= 0.6 is 0 Å². The lowest BCUT2D eigenvalue weighted by molar-refractivity contribution is -0.107. The van der Waals surface area contributed by atoms with E-state index in [1.165, 1.54) is 0 Å². The summed E-state index contributed by atoms with van der Waals surface area (Å²) in [7, 11) is 1.77. The first-order chi connectivity index (χ1) is 5.74. The second-order valence-corrected chi connectivity index (χ2v) is 2.27. The number of hydrogen-bond acceptors (Lipinski definition) is 3. The Bertz CT molecular complexity index is 343. The number of nitrogens with two attached hydrogens (primary N) is 1. The van der Waals surface area contributed by atoms with E-state index in [1.807, 2.05) is 0 Å². The molecule has 0 aliphatic heterocycles. The SMILES string of the molecule is Cn1cc(C#CCC=O)c(N)n1. The number of anilines is 1. The zero-order chi connectivity index (χ0) is 8.97. The molecular formula is C8H9N3O. The van der Waals surface area contributed by atoms with Crippen LogP contribution in [0.25, 0.3) is 0 Å². The second-order valence-electron chi connectivity index (χ2n) is 2.27. The van der Waals surface area contributed by atoms with Crippen molar-refractivity contribution in [1.29, 1.82) is 0 Å². The molecule has 1 rings (SSSR count). The summed E-state index contributed by atoms with van der Waals surface area (Å²) in [5.41, 5.74) is 6.17. The number of nitrogen functional groups attached to an aromatic ring is 1. The van der Waals surface area contributed by atoms with Gasteiger partial charge in [-0.1, -0.05) is 11.8 Å². The van der Waals surface area contributed by atoms with Crippen molar-refractivity contribution < 1.29 is 4.79 Å². The molecule has 4 nitrogen and oxygen atoms in total. The summed E-state index contributed by atoms with van der Waals surface area (Å²) in [6, 6.07) is 0. The Morgan fingerprint density at radius 3 is 3.08 bits per heavy atom. The number of rotatable bonds is 1. The lowest BCUT2D eigenvalue weighted by Gasteiger charge is -1.80. The monoisotopic (exact) mass is 163 g/mol. The van der Waals surface area contributed by atoms with Gasteiger partial charge in [-0.3, -0.25) is 4.68 Å². The molecule has 0 amide bonds. The van der Waals surface area contributed by atoms with Gasteiger partial charge in [0.15, 0.2) is 5.82 Å². The third-order valence-electron chi connectivity index (χ3n) is 1.27. The maximum absolute atomic E-state index is 9.93. The summed E-state index contributed by atoms with van der Waals surface area (Å²) in [5.74, 6) is 5.80. The molecule has 1 aromatic heterocycles. The van der Waals surface area contributed by atoms with E-state index in [1.54, 1.807) is 17.9 Å². The first-order valence-electron chi connectivity index (χ1n) is 3.45. The van der Waals surface area contributed by atoms with Gasteiger partial charge < -0.3 is 10.5 Å². The van der Waals surface area contributed by atoms with Crippen LogP contribution in [-0.4, -0.2) is 16.1 Å². The lowest BCUT2D eigenvalue weighted by atomic mass is 10.3. The molecule has 1 heterocycles. The molecular weight excluding hydrogens is 154 g/mol. The predicted octanol–water partition coefficient (Wildman–Crippen LogP) is -0.0572. The summed E-state index contributed by atoms with van der Waals surface area (Å²) < 4.78 is 1.58.